The van der Waals surface area contributed by atoms with E-state index in [1.54, 1.807) is 0 Å². The number of hydrogen-bond donors (Lipinski definition) is 0. The Balaban J connectivity index is 1.81. The van der Waals surface area contributed by atoms with Gasteiger partial charge < -0.3 is 0 Å². The number of amides is 1. The van der Waals surface area contributed by atoms with Gasteiger partial charge in [-0.05, 0) is 30.0 Å². The van der Waals surface area contributed by atoms with E-state index in [1.165, 1.54) is 22.2 Å². The Labute approximate surface area is 145 Å². The number of thiocarbonyl (C=S) groups is 1. The van der Waals surface area contributed by atoms with Crippen molar-refractivity contribution in [3.63, 3.8) is 0 Å². The van der Waals surface area contributed by atoms with E-state index >= 15 is 0 Å². The molecule has 1 aromatic carbocycles. The van der Waals surface area contributed by atoms with Crippen LogP contribution in [0.15, 0.2) is 29.2 Å². The van der Waals surface area contributed by atoms with Crippen molar-refractivity contribution in [3.05, 3.63) is 40.3 Å². The Hall–Kier alpha value is -1.18. The minimum atomic E-state index is -3.05. The highest BCUT2D eigenvalue weighted by atomic mass is 32.2. The van der Waals surface area contributed by atoms with E-state index in [9.17, 15) is 13.2 Å². The lowest BCUT2D eigenvalue weighted by Gasteiger charge is -2.20. The van der Waals surface area contributed by atoms with E-state index in [-0.39, 0.29) is 23.5 Å². The third kappa shape index (κ3) is 3.51. The molecule has 2 heterocycles. The molecule has 0 N–H and O–H groups in total. The van der Waals surface area contributed by atoms with Crippen LogP contribution in [0.25, 0.3) is 6.08 Å². The summed E-state index contributed by atoms with van der Waals surface area (Å²) in [5.74, 6) is -0.0360. The van der Waals surface area contributed by atoms with Crippen LogP contribution in [0.1, 0.15) is 24.5 Å². The lowest BCUT2D eigenvalue weighted by atomic mass is 10.1. The van der Waals surface area contributed by atoms with Crippen LogP contribution in [-0.2, 0) is 21.1 Å². The molecule has 1 unspecified atom stereocenters. The number of hydrogen-bond acceptors (Lipinski definition) is 5. The molecule has 1 atom stereocenters. The van der Waals surface area contributed by atoms with Gasteiger partial charge in [0.2, 0.25) is 0 Å². The number of carbonyl (C=O) groups excluding carboxylic acids is 1. The molecule has 0 bridgehead atoms. The van der Waals surface area contributed by atoms with Gasteiger partial charge in [-0.15, -0.1) is 0 Å². The number of thioether (sulfide) groups is 1. The smallest absolute Gasteiger partial charge is 0.266 e. The van der Waals surface area contributed by atoms with Crippen LogP contribution in [0.5, 0.6) is 0 Å². The SMILES string of the molecule is CCc1ccc(/C=C2/SC(=S)N(C3CCS(=O)(=O)C3)C2=O)cc1. The second-order valence-corrected chi connectivity index (χ2v) is 9.61. The number of sulfone groups is 1. The van der Waals surface area contributed by atoms with Gasteiger partial charge in [-0.3, -0.25) is 9.69 Å². The van der Waals surface area contributed by atoms with Gasteiger partial charge in [0.25, 0.3) is 5.91 Å². The van der Waals surface area contributed by atoms with Crippen molar-refractivity contribution in [1.29, 1.82) is 0 Å². The lowest BCUT2D eigenvalue weighted by Crippen LogP contribution is -2.39. The first-order valence-electron chi connectivity index (χ1n) is 7.46. The van der Waals surface area contributed by atoms with Crippen molar-refractivity contribution in [1.82, 2.24) is 4.90 Å². The molecule has 122 valence electrons. The molecule has 0 spiro atoms. The summed E-state index contributed by atoms with van der Waals surface area (Å²) in [5.41, 5.74) is 2.19. The number of aryl methyl sites for hydroxylation is 1. The molecule has 2 aliphatic rings. The van der Waals surface area contributed by atoms with Crippen molar-refractivity contribution >= 4 is 50.1 Å². The number of nitrogens with zero attached hydrogens (tertiary/aromatic N) is 1. The first-order valence-corrected chi connectivity index (χ1v) is 10.5. The zero-order chi connectivity index (χ0) is 16.6. The van der Waals surface area contributed by atoms with Crippen LogP contribution in [0.2, 0.25) is 0 Å². The van der Waals surface area contributed by atoms with Gasteiger partial charge in [0, 0.05) is 0 Å². The monoisotopic (exact) mass is 367 g/mol. The second kappa shape index (κ2) is 6.37. The fourth-order valence-corrected chi connectivity index (χ4v) is 5.87. The van der Waals surface area contributed by atoms with Crippen molar-refractivity contribution < 1.29 is 13.2 Å². The summed E-state index contributed by atoms with van der Waals surface area (Å²) in [6.45, 7) is 2.09. The van der Waals surface area contributed by atoms with Crippen LogP contribution in [0.3, 0.4) is 0 Å². The third-order valence-electron chi connectivity index (χ3n) is 4.08. The van der Waals surface area contributed by atoms with E-state index in [2.05, 4.69) is 6.92 Å². The minimum Gasteiger partial charge on any atom is -0.289 e. The molecule has 1 aromatic rings. The molecule has 0 aromatic heterocycles. The predicted octanol–water partition coefficient (Wildman–Crippen LogP) is 2.64. The third-order valence-corrected chi connectivity index (χ3v) is 7.16. The number of carbonyl (C=O) groups is 1. The average Bonchev–Trinajstić information content (AvgIpc) is 2.99. The molecule has 23 heavy (non-hydrogen) atoms. The first-order chi connectivity index (χ1) is 10.9. The van der Waals surface area contributed by atoms with Gasteiger partial charge >= 0.3 is 0 Å². The zero-order valence-electron chi connectivity index (χ0n) is 12.7. The molecule has 2 saturated heterocycles. The summed E-state index contributed by atoms with van der Waals surface area (Å²) in [4.78, 5) is 14.6. The summed E-state index contributed by atoms with van der Waals surface area (Å²) < 4.78 is 23.7. The van der Waals surface area contributed by atoms with Gasteiger partial charge in [0.1, 0.15) is 4.32 Å². The van der Waals surface area contributed by atoms with E-state index in [1.807, 2.05) is 30.3 Å². The Morgan fingerprint density at radius 2 is 2.04 bits per heavy atom. The lowest BCUT2D eigenvalue weighted by molar-refractivity contribution is -0.123. The summed E-state index contributed by atoms with van der Waals surface area (Å²) >= 11 is 6.54. The van der Waals surface area contributed by atoms with Crippen LogP contribution < -0.4 is 0 Å². The molecule has 2 fully saturated rings. The van der Waals surface area contributed by atoms with E-state index < -0.39 is 9.84 Å². The van der Waals surface area contributed by atoms with Crippen molar-refractivity contribution in [2.24, 2.45) is 0 Å². The molecular formula is C16H17NO3S3. The zero-order valence-corrected chi connectivity index (χ0v) is 15.1. The van der Waals surface area contributed by atoms with Crippen LogP contribution >= 0.6 is 24.0 Å². The van der Waals surface area contributed by atoms with Crippen molar-refractivity contribution in [2.75, 3.05) is 11.5 Å². The Morgan fingerprint density at radius 1 is 1.35 bits per heavy atom. The molecule has 4 nitrogen and oxygen atoms in total. The maximum atomic E-state index is 12.6. The number of benzene rings is 1. The number of rotatable bonds is 3. The highest BCUT2D eigenvalue weighted by molar-refractivity contribution is 8.26. The van der Waals surface area contributed by atoms with Gasteiger partial charge in [-0.25, -0.2) is 8.42 Å². The fraction of sp³-hybridized carbons (Fsp3) is 0.375. The van der Waals surface area contributed by atoms with Gasteiger partial charge in [0.05, 0.1) is 22.5 Å². The standard InChI is InChI=1S/C16H17NO3S3/c1-2-11-3-5-12(6-4-11)9-14-15(18)17(16(21)22-14)13-7-8-23(19,20)10-13/h3-6,9,13H,2,7-8,10H2,1H3/b14-9+. The Bertz CT molecular complexity index is 781. The maximum Gasteiger partial charge on any atom is 0.266 e. The second-order valence-electron chi connectivity index (χ2n) is 5.70. The van der Waals surface area contributed by atoms with E-state index in [4.69, 9.17) is 12.2 Å². The largest absolute Gasteiger partial charge is 0.289 e. The van der Waals surface area contributed by atoms with E-state index in [0.717, 1.165) is 12.0 Å². The molecule has 2 aliphatic heterocycles. The highest BCUT2D eigenvalue weighted by Gasteiger charge is 2.42. The van der Waals surface area contributed by atoms with E-state index in [0.29, 0.717) is 15.6 Å². The Kier molecular flexibility index (Phi) is 4.62. The van der Waals surface area contributed by atoms with Gasteiger partial charge in [-0.2, -0.15) is 0 Å². The summed E-state index contributed by atoms with van der Waals surface area (Å²) in [5, 5.41) is 0. The fourth-order valence-electron chi connectivity index (χ4n) is 2.77. The highest BCUT2D eigenvalue weighted by Crippen LogP contribution is 2.36. The quantitative estimate of drug-likeness (QED) is 0.607. The summed E-state index contributed by atoms with van der Waals surface area (Å²) in [7, 11) is -3.05. The topological polar surface area (TPSA) is 54.5 Å². The molecule has 0 aliphatic carbocycles. The first kappa shape index (κ1) is 16.7. The maximum absolute atomic E-state index is 12.6. The van der Waals surface area contributed by atoms with Gasteiger partial charge in [0.15, 0.2) is 9.84 Å². The molecule has 0 saturated carbocycles. The predicted molar refractivity (Wildman–Crippen MR) is 97.9 cm³/mol. The van der Waals surface area contributed by atoms with Crippen LogP contribution in [-0.4, -0.2) is 41.1 Å². The average molecular weight is 368 g/mol. The molecule has 3 rings (SSSR count). The van der Waals surface area contributed by atoms with Crippen LogP contribution in [0, 0.1) is 0 Å². The van der Waals surface area contributed by atoms with Crippen LogP contribution in [0.4, 0.5) is 0 Å². The Morgan fingerprint density at radius 3 is 2.61 bits per heavy atom. The minimum absolute atomic E-state index is 0.0118. The van der Waals surface area contributed by atoms with Gasteiger partial charge in [-0.1, -0.05) is 55.2 Å². The summed E-state index contributed by atoms with van der Waals surface area (Å²) in [6, 6.07) is 7.71. The molecule has 0 radical (unpaired) electrons. The molecule has 1 amide bonds. The molecule has 7 heteroatoms. The van der Waals surface area contributed by atoms with Crippen molar-refractivity contribution in [3.8, 4) is 0 Å². The molecular weight excluding hydrogens is 350 g/mol. The summed E-state index contributed by atoms with van der Waals surface area (Å²) in [6.07, 6.45) is 3.26. The van der Waals surface area contributed by atoms with Crippen molar-refractivity contribution in [2.45, 2.75) is 25.8 Å². The normalized spacial score (nSPS) is 25.5.